The molecule has 0 aliphatic heterocycles. The van der Waals surface area contributed by atoms with Crippen LogP contribution in [0, 0.1) is 0 Å². The fraction of sp³-hybridized carbons (Fsp3) is 0.556. The summed E-state index contributed by atoms with van der Waals surface area (Å²) >= 11 is 0. The van der Waals surface area contributed by atoms with Crippen LogP contribution >= 0.6 is 24.0 Å². The molecule has 1 rings (SSSR count). The van der Waals surface area contributed by atoms with E-state index < -0.39 is 21.7 Å². The first kappa shape index (κ1) is 27.4. The van der Waals surface area contributed by atoms with Gasteiger partial charge in [-0.05, 0) is 51.9 Å². The fourth-order valence-corrected chi connectivity index (χ4v) is 2.84. The molecular weight excluding hydrogens is 509 g/mol. The number of hydrogen-bond acceptors (Lipinski definition) is 5. The Morgan fingerprint density at radius 2 is 1.66 bits per heavy atom. The van der Waals surface area contributed by atoms with E-state index in [1.54, 1.807) is 31.3 Å². The molecule has 29 heavy (non-hydrogen) atoms. The molecule has 0 bridgehead atoms. The van der Waals surface area contributed by atoms with Crippen molar-refractivity contribution in [1.29, 1.82) is 0 Å². The van der Waals surface area contributed by atoms with E-state index in [4.69, 9.17) is 4.74 Å². The molecule has 0 atom stereocenters. The normalized spacial score (nSPS) is 12.0. The van der Waals surface area contributed by atoms with Crippen LogP contribution in [0.4, 0.5) is 4.79 Å². The highest BCUT2D eigenvalue weighted by atomic mass is 127. The summed E-state index contributed by atoms with van der Waals surface area (Å²) in [7, 11) is -0.388. The van der Waals surface area contributed by atoms with Crippen molar-refractivity contribution in [2.75, 3.05) is 27.2 Å². The van der Waals surface area contributed by atoms with E-state index in [0.29, 0.717) is 32.0 Å². The van der Waals surface area contributed by atoms with Gasteiger partial charge in [-0.15, -0.1) is 24.0 Å². The van der Waals surface area contributed by atoms with Crippen molar-refractivity contribution >= 4 is 46.1 Å². The number of benzene rings is 1. The van der Waals surface area contributed by atoms with Crippen LogP contribution in [0.1, 0.15) is 32.8 Å². The van der Waals surface area contributed by atoms with E-state index in [9.17, 15) is 13.2 Å². The summed E-state index contributed by atoms with van der Waals surface area (Å²) in [5.41, 5.74) is 0.411. The maximum Gasteiger partial charge on any atom is 0.407 e. The summed E-state index contributed by atoms with van der Waals surface area (Å²) in [6.07, 6.45) is 0.273. The molecule has 0 aliphatic carbocycles. The number of ether oxygens (including phenoxy) is 1. The molecule has 0 aromatic heterocycles. The standard InChI is InChI=1S/C18H31N5O4S.HI/c1-18(2,3)27-17(24)22-12-6-11-21-16(19-4)23-13-14-7-9-15(10-8-14)28(25,26)20-5;/h7-10,20H,6,11-13H2,1-5H3,(H,22,24)(H2,19,21,23);1H. The number of hydrogen-bond donors (Lipinski definition) is 4. The molecule has 0 heterocycles. The highest BCUT2D eigenvalue weighted by molar-refractivity contribution is 14.0. The summed E-state index contributed by atoms with van der Waals surface area (Å²) in [6.45, 7) is 7.05. The molecule has 11 heteroatoms. The SMILES string of the molecule is CN=C(NCCCNC(=O)OC(C)(C)C)NCc1ccc(S(=O)(=O)NC)cc1.I. The molecule has 4 N–H and O–H groups in total. The summed E-state index contributed by atoms with van der Waals surface area (Å²) in [5, 5.41) is 8.99. The predicted molar refractivity (Wildman–Crippen MR) is 125 cm³/mol. The van der Waals surface area contributed by atoms with Crippen LogP contribution in [0.3, 0.4) is 0 Å². The summed E-state index contributed by atoms with van der Waals surface area (Å²) in [5.74, 6) is 0.615. The van der Waals surface area contributed by atoms with E-state index in [1.807, 2.05) is 20.8 Å². The molecule has 1 aromatic carbocycles. The van der Waals surface area contributed by atoms with Crippen LogP contribution in [0.5, 0.6) is 0 Å². The zero-order valence-electron chi connectivity index (χ0n) is 17.5. The van der Waals surface area contributed by atoms with Gasteiger partial charge in [0.25, 0.3) is 0 Å². The van der Waals surface area contributed by atoms with Crippen molar-refractivity contribution in [2.45, 2.75) is 44.2 Å². The molecule has 9 nitrogen and oxygen atoms in total. The zero-order chi connectivity index (χ0) is 21.2. The number of aliphatic imine (C=N–C) groups is 1. The Hall–Kier alpha value is -1.60. The Kier molecular flexibility index (Phi) is 12.1. The smallest absolute Gasteiger partial charge is 0.407 e. The minimum Gasteiger partial charge on any atom is -0.444 e. The Bertz CT molecular complexity index is 761. The van der Waals surface area contributed by atoms with E-state index in [-0.39, 0.29) is 28.9 Å². The van der Waals surface area contributed by atoms with Gasteiger partial charge in [-0.3, -0.25) is 4.99 Å². The second kappa shape index (κ2) is 12.9. The van der Waals surface area contributed by atoms with Gasteiger partial charge >= 0.3 is 6.09 Å². The molecule has 0 spiro atoms. The van der Waals surface area contributed by atoms with E-state index in [2.05, 4.69) is 25.7 Å². The van der Waals surface area contributed by atoms with Gasteiger partial charge < -0.3 is 20.7 Å². The van der Waals surface area contributed by atoms with Crippen LogP contribution in [0.2, 0.25) is 0 Å². The minimum absolute atomic E-state index is 0. The Morgan fingerprint density at radius 3 is 2.17 bits per heavy atom. The highest BCUT2D eigenvalue weighted by Gasteiger charge is 2.15. The molecule has 1 amide bonds. The largest absolute Gasteiger partial charge is 0.444 e. The van der Waals surface area contributed by atoms with Gasteiger partial charge in [0.05, 0.1) is 4.90 Å². The molecule has 0 fully saturated rings. The lowest BCUT2D eigenvalue weighted by Gasteiger charge is -2.19. The van der Waals surface area contributed by atoms with Crippen LogP contribution in [-0.4, -0.2) is 53.3 Å². The van der Waals surface area contributed by atoms with Gasteiger partial charge in [-0.2, -0.15) is 0 Å². The van der Waals surface area contributed by atoms with E-state index >= 15 is 0 Å². The lowest BCUT2D eigenvalue weighted by Crippen LogP contribution is -2.39. The average Bonchev–Trinajstić information content (AvgIpc) is 2.62. The second-order valence-corrected chi connectivity index (χ2v) is 8.87. The Morgan fingerprint density at radius 1 is 1.07 bits per heavy atom. The average molecular weight is 541 g/mol. The number of sulfonamides is 1. The van der Waals surface area contributed by atoms with Crippen molar-refractivity contribution < 1.29 is 17.9 Å². The van der Waals surface area contributed by atoms with Crippen molar-refractivity contribution in [3.8, 4) is 0 Å². The molecule has 0 unspecified atom stereocenters. The summed E-state index contributed by atoms with van der Waals surface area (Å²) < 4.78 is 30.9. The number of carbonyl (C=O) groups excluding carboxylic acids is 1. The third-order valence-electron chi connectivity index (χ3n) is 3.50. The molecule has 1 aromatic rings. The lowest BCUT2D eigenvalue weighted by molar-refractivity contribution is 0.0527. The maximum absolute atomic E-state index is 11.7. The molecular formula is C18H32IN5O4S. The van der Waals surface area contributed by atoms with E-state index in [1.165, 1.54) is 7.05 Å². The number of nitrogens with zero attached hydrogens (tertiary/aromatic N) is 1. The van der Waals surface area contributed by atoms with Crippen molar-refractivity contribution in [2.24, 2.45) is 4.99 Å². The van der Waals surface area contributed by atoms with Gasteiger partial charge in [0, 0.05) is 26.7 Å². The van der Waals surface area contributed by atoms with E-state index in [0.717, 1.165) is 5.56 Å². The first-order valence-electron chi connectivity index (χ1n) is 9.01. The Labute approximate surface area is 190 Å². The topological polar surface area (TPSA) is 121 Å². The zero-order valence-corrected chi connectivity index (χ0v) is 20.7. The number of nitrogens with one attached hydrogen (secondary N) is 4. The van der Waals surface area contributed by atoms with Crippen molar-refractivity contribution in [3.63, 3.8) is 0 Å². The molecule has 0 saturated carbocycles. The first-order chi connectivity index (χ1) is 13.1. The number of amides is 1. The number of alkyl carbamates (subject to hydrolysis) is 1. The van der Waals surface area contributed by atoms with Crippen LogP contribution in [0.25, 0.3) is 0 Å². The molecule has 0 saturated heterocycles. The van der Waals surface area contributed by atoms with Gasteiger partial charge in [0.15, 0.2) is 5.96 Å². The van der Waals surface area contributed by atoms with Gasteiger partial charge in [-0.1, -0.05) is 12.1 Å². The minimum atomic E-state index is -3.43. The molecule has 0 radical (unpaired) electrons. The quantitative estimate of drug-likeness (QED) is 0.172. The first-order valence-corrected chi connectivity index (χ1v) is 10.5. The van der Waals surface area contributed by atoms with Crippen LogP contribution in [-0.2, 0) is 21.3 Å². The number of carbonyl (C=O) groups is 1. The van der Waals surface area contributed by atoms with Gasteiger partial charge in [0.2, 0.25) is 10.0 Å². The van der Waals surface area contributed by atoms with Gasteiger partial charge in [-0.25, -0.2) is 17.9 Å². The summed E-state index contributed by atoms with van der Waals surface area (Å²) in [6, 6.07) is 6.60. The monoisotopic (exact) mass is 541 g/mol. The maximum atomic E-state index is 11.7. The molecule has 166 valence electrons. The van der Waals surface area contributed by atoms with Crippen molar-refractivity contribution in [3.05, 3.63) is 29.8 Å². The second-order valence-electron chi connectivity index (χ2n) is 6.99. The van der Waals surface area contributed by atoms with Gasteiger partial charge in [0.1, 0.15) is 5.60 Å². The number of guanidine groups is 1. The third-order valence-corrected chi connectivity index (χ3v) is 4.93. The lowest BCUT2D eigenvalue weighted by atomic mass is 10.2. The number of halogens is 1. The fourth-order valence-electron chi connectivity index (χ4n) is 2.11. The van der Waals surface area contributed by atoms with Crippen LogP contribution in [0.15, 0.2) is 34.2 Å². The number of rotatable bonds is 8. The Balaban J connectivity index is 0.00000784. The predicted octanol–water partition coefficient (Wildman–Crippen LogP) is 1.79. The van der Waals surface area contributed by atoms with Crippen molar-refractivity contribution in [1.82, 2.24) is 20.7 Å². The van der Waals surface area contributed by atoms with Crippen LogP contribution < -0.4 is 20.7 Å². The highest BCUT2D eigenvalue weighted by Crippen LogP contribution is 2.10. The molecule has 0 aliphatic rings. The summed E-state index contributed by atoms with van der Waals surface area (Å²) in [4.78, 5) is 15.9. The third kappa shape index (κ3) is 11.2.